The minimum Gasteiger partial charge on any atom is -0.456 e. The molecule has 0 saturated heterocycles. The van der Waals surface area contributed by atoms with E-state index in [2.05, 4.69) is 104 Å². The van der Waals surface area contributed by atoms with Crippen molar-refractivity contribution in [1.29, 1.82) is 0 Å². The predicted molar refractivity (Wildman–Crippen MR) is 212 cm³/mol. The Kier molecular flexibility index (Phi) is 10.7. The lowest BCUT2D eigenvalue weighted by atomic mass is 10.0. The fraction of sp³-hybridized carbons (Fsp3) is 0.474. The van der Waals surface area contributed by atoms with Gasteiger partial charge >= 0.3 is 0 Å². The molecular weight excluding hydrogens is 661 g/mol. The van der Waals surface area contributed by atoms with Gasteiger partial charge in [0.15, 0.2) is 44.4 Å². The molecule has 3 aromatic carbocycles. The number of hydrogen-bond donors (Lipinski definition) is 0. The van der Waals surface area contributed by atoms with Crippen molar-refractivity contribution in [2.24, 2.45) is 11.8 Å². The molecule has 2 heterocycles. The Hall–Kier alpha value is -2.61. The first-order valence-corrected chi connectivity index (χ1v) is 30.6. The Balaban J connectivity index is 1.31. The fourth-order valence-electron chi connectivity index (χ4n) is 7.65. The van der Waals surface area contributed by atoms with Crippen LogP contribution in [-0.2, 0) is 21.1 Å². The molecule has 0 radical (unpaired) electrons. The van der Waals surface area contributed by atoms with E-state index in [0.29, 0.717) is 23.6 Å². The summed E-state index contributed by atoms with van der Waals surface area (Å²) in [6.45, 7) is 27.8. The normalized spacial score (nSPS) is 14.6. The predicted octanol–water partition coefficient (Wildman–Crippen LogP) is 11.8. The van der Waals surface area contributed by atoms with Gasteiger partial charge in [0.05, 0.1) is 0 Å². The molecule has 2 atom stereocenters. The number of benzene rings is 3. The zero-order valence-corrected chi connectivity index (χ0v) is 35.3. The van der Waals surface area contributed by atoms with Gasteiger partial charge in [-0.15, -0.1) is 0 Å². The number of aromatic nitrogens is 2. The Morgan fingerprint density at radius 1 is 0.542 bits per heavy atom. The first-order valence-electron chi connectivity index (χ1n) is 17.5. The summed E-state index contributed by atoms with van der Waals surface area (Å²) in [5, 5.41) is 0. The largest absolute Gasteiger partial charge is 0.456 e. The van der Waals surface area contributed by atoms with Crippen molar-refractivity contribution in [3.63, 3.8) is 0 Å². The van der Waals surface area contributed by atoms with Gasteiger partial charge in [-0.1, -0.05) is 38.1 Å². The van der Waals surface area contributed by atoms with Crippen LogP contribution in [0.4, 0.5) is 0 Å². The number of fused-ring (bicyclic) bond motifs is 2. The van der Waals surface area contributed by atoms with Gasteiger partial charge in [-0.25, -0.2) is 9.97 Å². The van der Waals surface area contributed by atoms with Crippen LogP contribution in [0.5, 0.6) is 0 Å². The molecule has 6 nitrogen and oxygen atoms in total. The van der Waals surface area contributed by atoms with Crippen LogP contribution >= 0.6 is 0 Å². The van der Waals surface area contributed by atoms with Crippen LogP contribution in [0.15, 0.2) is 69.5 Å². The maximum absolute atomic E-state index is 6.62. The summed E-state index contributed by atoms with van der Waals surface area (Å²) in [4.78, 5) is 9.75. The summed E-state index contributed by atoms with van der Waals surface area (Å²) in [5.74, 6) is 2.26. The van der Waals surface area contributed by atoms with Gasteiger partial charge in [0.25, 0.3) is 0 Å². The molecular formula is C38H56N2O4Si4. The van der Waals surface area contributed by atoms with E-state index in [9.17, 15) is 0 Å². The maximum atomic E-state index is 6.62. The highest BCUT2D eigenvalue weighted by atomic mass is 28.4. The third-order valence-electron chi connectivity index (χ3n) is 8.35. The highest BCUT2D eigenvalue weighted by molar-refractivity contribution is 6.84. The number of para-hydroxylation sites is 2. The number of oxazole rings is 2. The second-order valence-electron chi connectivity index (χ2n) is 17.1. The molecule has 0 saturated carbocycles. The zero-order chi connectivity index (χ0) is 35.1. The summed E-state index contributed by atoms with van der Waals surface area (Å²) in [7, 11) is -6.61. The average molecular weight is 717 g/mol. The molecule has 0 fully saturated rings. The molecule has 0 bridgehead atoms. The number of hydrogen-bond acceptors (Lipinski definition) is 6. The van der Waals surface area contributed by atoms with E-state index in [0.717, 1.165) is 58.3 Å². The quantitative estimate of drug-likeness (QED) is 0.107. The van der Waals surface area contributed by atoms with E-state index in [1.54, 1.807) is 0 Å². The Morgan fingerprint density at radius 3 is 1.23 bits per heavy atom. The van der Waals surface area contributed by atoms with Crippen LogP contribution in [-0.4, -0.2) is 43.2 Å². The SMILES string of the molecule is CC(Cc1cccc2nc(-c3ccc(-c4nc5cccc(CC(C)C[Si](C)(C)O[Si](C)(C)C)c5o4)cc3)oc12)C[Si](C)(C)O[Si](C)(C)C. The topological polar surface area (TPSA) is 70.5 Å². The molecule has 0 aliphatic carbocycles. The molecule has 2 aromatic heterocycles. The summed E-state index contributed by atoms with van der Waals surface area (Å²) in [6, 6.07) is 23.1. The van der Waals surface area contributed by atoms with Crippen molar-refractivity contribution in [2.75, 3.05) is 0 Å². The van der Waals surface area contributed by atoms with Crippen molar-refractivity contribution in [3.8, 4) is 22.9 Å². The van der Waals surface area contributed by atoms with Crippen LogP contribution < -0.4 is 0 Å². The highest BCUT2D eigenvalue weighted by Gasteiger charge is 2.32. The summed E-state index contributed by atoms with van der Waals surface area (Å²) in [5.41, 5.74) is 7.84. The lowest BCUT2D eigenvalue weighted by Gasteiger charge is -2.33. The molecule has 5 aromatic rings. The molecule has 0 aliphatic heterocycles. The van der Waals surface area contributed by atoms with Crippen LogP contribution in [0.25, 0.3) is 45.1 Å². The standard InChI is InChI=1S/C38H56N2O4Si4/c1-27(25-47(9,10)43-45(3,4)5)23-31-15-13-17-33-35(31)41-37(39-33)29-19-21-30(22-20-29)38-40-34-18-14-16-32(36(34)42-38)24-28(2)26-48(11,12)44-46(6,7)8/h13-22,27-28H,23-26H2,1-12H3. The summed E-state index contributed by atoms with van der Waals surface area (Å²) < 4.78 is 26.1. The van der Waals surface area contributed by atoms with Gasteiger partial charge in [-0.2, -0.15) is 0 Å². The van der Waals surface area contributed by atoms with E-state index in [-0.39, 0.29) is 0 Å². The van der Waals surface area contributed by atoms with Crippen molar-refractivity contribution < 1.29 is 17.1 Å². The van der Waals surface area contributed by atoms with Gasteiger partial charge < -0.3 is 17.1 Å². The maximum Gasteiger partial charge on any atom is 0.227 e. The molecule has 5 rings (SSSR count). The van der Waals surface area contributed by atoms with Crippen molar-refractivity contribution in [2.45, 2.75) is 104 Å². The van der Waals surface area contributed by atoms with E-state index in [1.807, 2.05) is 36.4 Å². The van der Waals surface area contributed by atoms with Gasteiger partial charge in [0.1, 0.15) is 11.0 Å². The minimum atomic E-state index is -1.74. The third kappa shape index (κ3) is 9.76. The van der Waals surface area contributed by atoms with Crippen LogP contribution in [0.1, 0.15) is 25.0 Å². The highest BCUT2D eigenvalue weighted by Crippen LogP contribution is 2.34. The van der Waals surface area contributed by atoms with Gasteiger partial charge in [-0.3, -0.25) is 0 Å². The van der Waals surface area contributed by atoms with Crippen LogP contribution in [0.3, 0.4) is 0 Å². The van der Waals surface area contributed by atoms with Crippen LogP contribution in [0.2, 0.25) is 77.6 Å². The molecule has 2 unspecified atom stereocenters. The van der Waals surface area contributed by atoms with E-state index < -0.39 is 33.3 Å². The summed E-state index contributed by atoms with van der Waals surface area (Å²) >= 11 is 0. The summed E-state index contributed by atoms with van der Waals surface area (Å²) in [6.07, 6.45) is 1.89. The average Bonchev–Trinajstić information content (AvgIpc) is 3.56. The monoisotopic (exact) mass is 716 g/mol. The molecule has 48 heavy (non-hydrogen) atoms. The molecule has 0 amide bonds. The number of rotatable bonds is 14. The molecule has 0 N–H and O–H groups in total. The van der Waals surface area contributed by atoms with Gasteiger partial charge in [0.2, 0.25) is 11.8 Å². The number of nitrogens with zero attached hydrogens (tertiary/aromatic N) is 2. The first-order chi connectivity index (χ1) is 22.3. The Labute approximate surface area is 292 Å². The van der Waals surface area contributed by atoms with E-state index >= 15 is 0 Å². The van der Waals surface area contributed by atoms with Crippen molar-refractivity contribution in [3.05, 3.63) is 71.8 Å². The van der Waals surface area contributed by atoms with Gasteiger partial charge in [-0.05, 0) is 150 Å². The van der Waals surface area contributed by atoms with Crippen LogP contribution in [0, 0.1) is 11.8 Å². The Morgan fingerprint density at radius 2 is 0.896 bits per heavy atom. The molecule has 10 heteroatoms. The zero-order valence-electron chi connectivity index (χ0n) is 31.3. The minimum absolute atomic E-state index is 0.499. The van der Waals surface area contributed by atoms with E-state index in [1.165, 1.54) is 11.1 Å². The lowest BCUT2D eigenvalue weighted by Crippen LogP contribution is -2.43. The van der Waals surface area contributed by atoms with Gasteiger partial charge in [0, 0.05) is 11.1 Å². The van der Waals surface area contributed by atoms with Crippen molar-refractivity contribution >= 4 is 55.5 Å². The van der Waals surface area contributed by atoms with E-state index in [4.69, 9.17) is 27.0 Å². The first kappa shape index (κ1) is 36.7. The lowest BCUT2D eigenvalue weighted by molar-refractivity contribution is 0.513. The second kappa shape index (κ2) is 14.0. The fourth-order valence-corrected chi connectivity index (χ4v) is 25.2. The third-order valence-corrected chi connectivity index (χ3v) is 21.0. The second-order valence-corrected chi connectivity index (χ2v) is 35.1. The molecule has 0 spiro atoms. The van der Waals surface area contributed by atoms with Crippen molar-refractivity contribution in [1.82, 2.24) is 9.97 Å². The molecule has 0 aliphatic rings. The smallest absolute Gasteiger partial charge is 0.227 e. The Bertz CT molecular complexity index is 1710. The molecule has 258 valence electrons.